The second-order valence-electron chi connectivity index (χ2n) is 6.57. The summed E-state index contributed by atoms with van der Waals surface area (Å²) in [5.41, 5.74) is -2.14. The molecule has 0 aliphatic rings. The second-order valence-corrected chi connectivity index (χ2v) is 8.04. The Labute approximate surface area is 187 Å². The van der Waals surface area contributed by atoms with Crippen LogP contribution in [0.5, 0.6) is 0 Å². The topological polar surface area (TPSA) is 78.0 Å². The van der Waals surface area contributed by atoms with Gasteiger partial charge >= 0.3 is 6.18 Å². The summed E-state index contributed by atoms with van der Waals surface area (Å²) in [5.74, 6) is 0. The van der Waals surface area contributed by atoms with E-state index in [0.29, 0.717) is 27.7 Å². The Morgan fingerprint density at radius 1 is 1.03 bits per heavy atom. The molecule has 32 heavy (non-hydrogen) atoms. The maximum absolute atomic E-state index is 13.4. The molecule has 0 bridgehead atoms. The smallest absolute Gasteiger partial charge is 0.268 e. The second kappa shape index (κ2) is 8.29. The zero-order valence-electron chi connectivity index (χ0n) is 15.8. The number of rotatable bonds is 4. The molecule has 4 rings (SSSR count). The molecule has 0 radical (unpaired) electrons. The number of hydrogen-bond acceptors (Lipinski definition) is 5. The van der Waals surface area contributed by atoms with E-state index < -0.39 is 27.9 Å². The van der Waals surface area contributed by atoms with Crippen molar-refractivity contribution >= 4 is 40.0 Å². The van der Waals surface area contributed by atoms with Gasteiger partial charge in [0.05, 0.1) is 21.5 Å². The number of nitro groups is 1. The van der Waals surface area contributed by atoms with Crippen LogP contribution < -0.4 is 5.56 Å². The molecule has 0 atom stereocenters. The highest BCUT2D eigenvalue weighted by atomic mass is 35.5. The van der Waals surface area contributed by atoms with Crippen LogP contribution in [0.25, 0.3) is 16.6 Å². The van der Waals surface area contributed by atoms with Gasteiger partial charge in [0.1, 0.15) is 5.56 Å². The first-order chi connectivity index (χ1) is 15.1. The number of benzene rings is 3. The van der Waals surface area contributed by atoms with E-state index in [-0.39, 0.29) is 10.1 Å². The zero-order chi connectivity index (χ0) is 23.0. The molecule has 0 saturated carbocycles. The molecule has 3 aromatic carbocycles. The Balaban J connectivity index is 1.93. The van der Waals surface area contributed by atoms with Crippen LogP contribution in [0.3, 0.4) is 0 Å². The van der Waals surface area contributed by atoms with E-state index in [1.165, 1.54) is 16.7 Å². The molecular formula is C21H11ClF3N3O3S. The predicted molar refractivity (Wildman–Crippen MR) is 115 cm³/mol. The number of aromatic nitrogens is 2. The molecule has 0 saturated heterocycles. The van der Waals surface area contributed by atoms with E-state index >= 15 is 0 Å². The lowest BCUT2D eigenvalue weighted by molar-refractivity contribution is -0.388. The monoisotopic (exact) mass is 477 g/mol. The van der Waals surface area contributed by atoms with Crippen molar-refractivity contribution in [3.8, 4) is 5.69 Å². The van der Waals surface area contributed by atoms with Crippen LogP contribution in [-0.4, -0.2) is 14.5 Å². The summed E-state index contributed by atoms with van der Waals surface area (Å²) in [6.45, 7) is 0. The Kier molecular flexibility index (Phi) is 5.66. The molecule has 6 nitrogen and oxygen atoms in total. The van der Waals surface area contributed by atoms with E-state index in [4.69, 9.17) is 11.6 Å². The van der Waals surface area contributed by atoms with Crippen molar-refractivity contribution in [2.45, 2.75) is 16.2 Å². The minimum absolute atomic E-state index is 0.0286. The van der Waals surface area contributed by atoms with Crippen molar-refractivity contribution in [3.05, 3.63) is 97.8 Å². The van der Waals surface area contributed by atoms with E-state index in [1.54, 1.807) is 42.5 Å². The van der Waals surface area contributed by atoms with Crippen molar-refractivity contribution in [1.82, 2.24) is 9.55 Å². The molecule has 0 N–H and O–H groups in total. The Morgan fingerprint density at radius 3 is 2.47 bits per heavy atom. The SMILES string of the molecule is O=c1c2ccccc2nc(Sc2ccc([N+](=O)[O-])c(C(F)(F)F)c2)n1-c1cccc(Cl)c1. The maximum atomic E-state index is 13.4. The van der Waals surface area contributed by atoms with Gasteiger partial charge in [-0.1, -0.05) is 41.6 Å². The molecular weight excluding hydrogens is 467 g/mol. The normalized spacial score (nSPS) is 11.6. The third kappa shape index (κ3) is 4.19. The number of nitrogens with zero attached hydrogens (tertiary/aromatic N) is 3. The first-order valence-electron chi connectivity index (χ1n) is 8.96. The van der Waals surface area contributed by atoms with Crippen LogP contribution in [0, 0.1) is 10.1 Å². The first kappa shape index (κ1) is 21.8. The molecule has 4 aromatic rings. The Bertz CT molecular complexity index is 1420. The summed E-state index contributed by atoms with van der Waals surface area (Å²) in [4.78, 5) is 27.6. The number of halogens is 4. The molecule has 0 aliphatic heterocycles. The molecule has 162 valence electrons. The number of fused-ring (bicyclic) bond motifs is 1. The predicted octanol–water partition coefficient (Wildman–Crippen LogP) is 6.12. The molecule has 1 heterocycles. The van der Waals surface area contributed by atoms with E-state index in [9.17, 15) is 28.1 Å². The minimum Gasteiger partial charge on any atom is -0.268 e. The van der Waals surface area contributed by atoms with Gasteiger partial charge in [-0.15, -0.1) is 0 Å². The largest absolute Gasteiger partial charge is 0.423 e. The van der Waals surface area contributed by atoms with Crippen molar-refractivity contribution in [2.75, 3.05) is 0 Å². The lowest BCUT2D eigenvalue weighted by atomic mass is 10.2. The molecule has 11 heteroatoms. The van der Waals surface area contributed by atoms with Crippen molar-refractivity contribution in [1.29, 1.82) is 0 Å². The molecule has 1 aromatic heterocycles. The van der Waals surface area contributed by atoms with Gasteiger partial charge in [-0.2, -0.15) is 13.2 Å². The van der Waals surface area contributed by atoms with Crippen LogP contribution in [0.4, 0.5) is 18.9 Å². The standard InChI is InChI=1S/C21H11ClF3N3O3S/c22-12-4-3-5-13(10-12)27-19(29)15-6-1-2-7-17(15)26-20(27)32-14-8-9-18(28(30)31)16(11-14)21(23,24)25/h1-11H. The van der Waals surface area contributed by atoms with Crippen molar-refractivity contribution in [3.63, 3.8) is 0 Å². The number of alkyl halides is 3. The van der Waals surface area contributed by atoms with Gasteiger partial charge in [0.25, 0.3) is 11.2 Å². The third-order valence-electron chi connectivity index (χ3n) is 4.49. The number of hydrogen-bond donors (Lipinski definition) is 0. The molecule has 0 spiro atoms. The fourth-order valence-electron chi connectivity index (χ4n) is 3.09. The van der Waals surface area contributed by atoms with Gasteiger partial charge in [0.15, 0.2) is 5.16 Å². The van der Waals surface area contributed by atoms with Gasteiger partial charge in [-0.3, -0.25) is 19.5 Å². The summed E-state index contributed by atoms with van der Waals surface area (Å²) in [5, 5.41) is 11.8. The van der Waals surface area contributed by atoms with Gasteiger partial charge in [0, 0.05) is 16.0 Å². The van der Waals surface area contributed by atoms with Gasteiger partial charge in [-0.05, 0) is 42.5 Å². The summed E-state index contributed by atoms with van der Waals surface area (Å²) in [6, 6.07) is 15.6. The van der Waals surface area contributed by atoms with E-state index in [2.05, 4.69) is 4.98 Å². The van der Waals surface area contributed by atoms with Crippen molar-refractivity contribution in [2.24, 2.45) is 0 Å². The number of nitro benzene ring substituents is 1. The molecule has 0 fully saturated rings. The fraction of sp³-hybridized carbons (Fsp3) is 0.0476. The highest BCUT2D eigenvalue weighted by Gasteiger charge is 2.38. The van der Waals surface area contributed by atoms with E-state index in [1.807, 2.05) is 0 Å². The quantitative estimate of drug-likeness (QED) is 0.201. The molecule has 0 amide bonds. The summed E-state index contributed by atoms with van der Waals surface area (Å²) >= 11 is 6.85. The summed E-state index contributed by atoms with van der Waals surface area (Å²) in [6.07, 6.45) is -4.93. The zero-order valence-corrected chi connectivity index (χ0v) is 17.4. The van der Waals surface area contributed by atoms with Crippen LogP contribution in [0.15, 0.2) is 81.6 Å². The van der Waals surface area contributed by atoms with Crippen LogP contribution >= 0.6 is 23.4 Å². The molecule has 0 unspecified atom stereocenters. The third-order valence-corrected chi connectivity index (χ3v) is 5.67. The van der Waals surface area contributed by atoms with Crippen molar-refractivity contribution < 1.29 is 18.1 Å². The number of para-hydroxylation sites is 1. The maximum Gasteiger partial charge on any atom is 0.423 e. The lowest BCUT2D eigenvalue weighted by Crippen LogP contribution is -2.21. The fourth-order valence-corrected chi connectivity index (χ4v) is 4.23. The Morgan fingerprint density at radius 2 is 1.78 bits per heavy atom. The lowest BCUT2D eigenvalue weighted by Gasteiger charge is -2.14. The van der Waals surface area contributed by atoms with Crippen LogP contribution in [-0.2, 0) is 6.18 Å². The molecule has 0 aliphatic carbocycles. The first-order valence-corrected chi connectivity index (χ1v) is 10.2. The van der Waals surface area contributed by atoms with Gasteiger partial charge < -0.3 is 0 Å². The van der Waals surface area contributed by atoms with E-state index in [0.717, 1.165) is 17.8 Å². The van der Waals surface area contributed by atoms with Crippen LogP contribution in [0.1, 0.15) is 5.56 Å². The average Bonchev–Trinajstić information content (AvgIpc) is 2.73. The highest BCUT2D eigenvalue weighted by molar-refractivity contribution is 7.99. The summed E-state index contributed by atoms with van der Waals surface area (Å²) < 4.78 is 41.4. The van der Waals surface area contributed by atoms with Crippen LogP contribution in [0.2, 0.25) is 5.02 Å². The Hall–Kier alpha value is -3.37. The highest BCUT2D eigenvalue weighted by Crippen LogP contribution is 2.39. The minimum atomic E-state index is -4.93. The van der Waals surface area contributed by atoms with Gasteiger partial charge in [0.2, 0.25) is 0 Å². The average molecular weight is 478 g/mol. The summed E-state index contributed by atoms with van der Waals surface area (Å²) in [7, 11) is 0. The van der Waals surface area contributed by atoms with Gasteiger partial charge in [-0.25, -0.2) is 4.98 Å².